The molecule has 3 heteroatoms. The maximum atomic E-state index is 14.0. The fraction of sp³-hybridized carbons (Fsp3) is 0.600. The van der Waals surface area contributed by atoms with Crippen molar-refractivity contribution in [2.75, 3.05) is 30.4 Å². The number of para-hydroxylation sites is 1. The molecule has 1 spiro atoms. The maximum Gasteiger partial charge on any atom is 0.148 e. The molecule has 98 valence electrons. The van der Waals surface area contributed by atoms with E-state index < -0.39 is 0 Å². The van der Waals surface area contributed by atoms with Gasteiger partial charge in [-0.15, -0.1) is 0 Å². The van der Waals surface area contributed by atoms with E-state index in [1.165, 1.54) is 32.1 Å². The Bertz CT molecular complexity index is 438. The molecule has 0 aromatic heterocycles. The van der Waals surface area contributed by atoms with Crippen LogP contribution in [0.4, 0.5) is 15.8 Å². The van der Waals surface area contributed by atoms with Crippen LogP contribution in [-0.2, 0) is 0 Å². The Labute approximate surface area is 108 Å². The summed E-state index contributed by atoms with van der Waals surface area (Å²) in [6.07, 6.45) is 6.51. The highest BCUT2D eigenvalue weighted by atomic mass is 19.1. The average Bonchev–Trinajstić information content (AvgIpc) is 2.49. The Morgan fingerprint density at radius 1 is 1.22 bits per heavy atom. The smallest absolute Gasteiger partial charge is 0.148 e. The molecular weight excluding hydrogens is 227 g/mol. The number of anilines is 2. The first-order valence-electron chi connectivity index (χ1n) is 6.94. The lowest BCUT2D eigenvalue weighted by Crippen LogP contribution is -2.40. The van der Waals surface area contributed by atoms with Crippen LogP contribution in [-0.4, -0.2) is 20.1 Å². The molecule has 1 aliphatic heterocycles. The number of nitrogens with one attached hydrogen (secondary N) is 1. The second kappa shape index (κ2) is 4.45. The average molecular weight is 248 g/mol. The van der Waals surface area contributed by atoms with Crippen molar-refractivity contribution in [1.29, 1.82) is 0 Å². The monoisotopic (exact) mass is 248 g/mol. The van der Waals surface area contributed by atoms with Crippen molar-refractivity contribution in [3.63, 3.8) is 0 Å². The van der Waals surface area contributed by atoms with Crippen LogP contribution >= 0.6 is 0 Å². The Balaban J connectivity index is 1.93. The van der Waals surface area contributed by atoms with Crippen LogP contribution in [0.25, 0.3) is 0 Å². The van der Waals surface area contributed by atoms with E-state index in [0.717, 1.165) is 24.5 Å². The molecule has 2 aliphatic rings. The Kier molecular flexibility index (Phi) is 2.92. The van der Waals surface area contributed by atoms with Gasteiger partial charge in [-0.3, -0.25) is 0 Å². The van der Waals surface area contributed by atoms with Crippen LogP contribution in [0.2, 0.25) is 0 Å². The van der Waals surface area contributed by atoms with Crippen LogP contribution in [0.5, 0.6) is 0 Å². The molecule has 0 radical (unpaired) electrons. The van der Waals surface area contributed by atoms with E-state index in [4.69, 9.17) is 0 Å². The van der Waals surface area contributed by atoms with Crippen LogP contribution in [0.3, 0.4) is 0 Å². The van der Waals surface area contributed by atoms with E-state index in [1.807, 2.05) is 13.1 Å². The predicted octanol–water partition coefficient (Wildman–Crippen LogP) is 3.64. The number of benzene rings is 1. The highest BCUT2D eigenvalue weighted by molar-refractivity contribution is 5.71. The summed E-state index contributed by atoms with van der Waals surface area (Å²) in [5.41, 5.74) is 2.01. The van der Waals surface area contributed by atoms with Crippen LogP contribution in [0.1, 0.15) is 32.1 Å². The van der Waals surface area contributed by atoms with Gasteiger partial charge in [0.15, 0.2) is 0 Å². The van der Waals surface area contributed by atoms with Crippen molar-refractivity contribution in [2.45, 2.75) is 32.1 Å². The first kappa shape index (κ1) is 11.8. The number of hydrogen-bond donors (Lipinski definition) is 1. The van der Waals surface area contributed by atoms with Crippen LogP contribution in [0.15, 0.2) is 18.2 Å². The van der Waals surface area contributed by atoms with E-state index in [2.05, 4.69) is 10.2 Å². The Morgan fingerprint density at radius 3 is 2.78 bits per heavy atom. The second-order valence-corrected chi connectivity index (χ2v) is 5.91. The van der Waals surface area contributed by atoms with E-state index in [9.17, 15) is 4.39 Å². The van der Waals surface area contributed by atoms with Gasteiger partial charge in [-0.1, -0.05) is 25.3 Å². The topological polar surface area (TPSA) is 15.3 Å². The first-order chi connectivity index (χ1) is 8.70. The number of hydrogen-bond acceptors (Lipinski definition) is 2. The summed E-state index contributed by atoms with van der Waals surface area (Å²) in [5, 5.41) is 3.48. The molecule has 0 amide bonds. The summed E-state index contributed by atoms with van der Waals surface area (Å²) in [5.74, 6) is -0.115. The molecule has 18 heavy (non-hydrogen) atoms. The second-order valence-electron chi connectivity index (χ2n) is 5.91. The molecule has 3 rings (SSSR count). The van der Waals surface area contributed by atoms with Crippen LogP contribution < -0.4 is 10.2 Å². The van der Waals surface area contributed by atoms with Gasteiger partial charge >= 0.3 is 0 Å². The van der Waals surface area contributed by atoms with Gasteiger partial charge in [-0.05, 0) is 25.0 Å². The third-order valence-electron chi connectivity index (χ3n) is 4.51. The van der Waals surface area contributed by atoms with Crippen molar-refractivity contribution in [2.24, 2.45) is 5.41 Å². The van der Waals surface area contributed by atoms with Gasteiger partial charge in [0.2, 0.25) is 0 Å². The molecule has 0 bridgehead atoms. The Morgan fingerprint density at radius 2 is 2.00 bits per heavy atom. The van der Waals surface area contributed by atoms with Gasteiger partial charge < -0.3 is 10.2 Å². The van der Waals surface area contributed by atoms with Crippen molar-refractivity contribution in [1.82, 2.24) is 0 Å². The van der Waals surface area contributed by atoms with E-state index in [-0.39, 0.29) is 5.82 Å². The molecule has 1 fully saturated rings. The van der Waals surface area contributed by atoms with Crippen molar-refractivity contribution >= 4 is 11.4 Å². The molecule has 1 aliphatic carbocycles. The minimum atomic E-state index is -0.115. The molecule has 1 aromatic rings. The van der Waals surface area contributed by atoms with Crippen molar-refractivity contribution < 1.29 is 4.39 Å². The van der Waals surface area contributed by atoms with Crippen LogP contribution in [0, 0.1) is 11.2 Å². The molecule has 1 saturated carbocycles. The summed E-state index contributed by atoms with van der Waals surface area (Å²) in [6, 6.07) is 5.32. The third kappa shape index (κ3) is 1.96. The lowest BCUT2D eigenvalue weighted by molar-refractivity contribution is 0.215. The van der Waals surface area contributed by atoms with E-state index >= 15 is 0 Å². The number of rotatable bonds is 0. The molecule has 1 aromatic carbocycles. The standard InChI is InChI=1S/C15H21FN2/c1-18-11-15(8-3-2-4-9-15)10-17-13-7-5-6-12(16)14(13)18/h5-7,17H,2-4,8-11H2,1H3. The zero-order valence-corrected chi connectivity index (χ0v) is 11.0. The fourth-order valence-corrected chi connectivity index (χ4v) is 3.60. The molecule has 1 N–H and O–H groups in total. The molecule has 1 heterocycles. The lowest BCUT2D eigenvalue weighted by atomic mass is 9.74. The summed E-state index contributed by atoms with van der Waals surface area (Å²) in [4.78, 5) is 2.11. The molecule has 0 unspecified atom stereocenters. The van der Waals surface area contributed by atoms with Gasteiger partial charge in [0, 0.05) is 25.6 Å². The Hall–Kier alpha value is -1.25. The number of fused-ring (bicyclic) bond motifs is 1. The van der Waals surface area contributed by atoms with Gasteiger partial charge in [-0.2, -0.15) is 0 Å². The summed E-state index contributed by atoms with van der Waals surface area (Å²) in [7, 11) is 2.02. The maximum absolute atomic E-state index is 14.0. The first-order valence-corrected chi connectivity index (χ1v) is 6.94. The summed E-state index contributed by atoms with van der Waals surface area (Å²) < 4.78 is 14.0. The number of halogens is 1. The highest BCUT2D eigenvalue weighted by Gasteiger charge is 2.36. The van der Waals surface area contributed by atoms with Gasteiger partial charge in [0.25, 0.3) is 0 Å². The van der Waals surface area contributed by atoms with Gasteiger partial charge in [0.05, 0.1) is 11.4 Å². The SMILES string of the molecule is CN1CC2(CCCCC2)CNc2cccc(F)c21. The molecule has 2 nitrogen and oxygen atoms in total. The van der Waals surface area contributed by atoms with Gasteiger partial charge in [-0.25, -0.2) is 4.39 Å². The predicted molar refractivity (Wildman–Crippen MR) is 73.7 cm³/mol. The normalized spacial score (nSPS) is 22.2. The molecule has 0 saturated heterocycles. The van der Waals surface area contributed by atoms with Gasteiger partial charge in [0.1, 0.15) is 5.82 Å². The number of nitrogens with zero attached hydrogens (tertiary/aromatic N) is 1. The quantitative estimate of drug-likeness (QED) is 0.754. The van der Waals surface area contributed by atoms with Crippen molar-refractivity contribution in [3.8, 4) is 0 Å². The zero-order chi connectivity index (χ0) is 12.6. The van der Waals surface area contributed by atoms with E-state index in [0.29, 0.717) is 5.41 Å². The third-order valence-corrected chi connectivity index (χ3v) is 4.51. The minimum absolute atomic E-state index is 0.115. The van der Waals surface area contributed by atoms with Crippen molar-refractivity contribution in [3.05, 3.63) is 24.0 Å². The summed E-state index contributed by atoms with van der Waals surface area (Å²) >= 11 is 0. The summed E-state index contributed by atoms with van der Waals surface area (Å²) in [6.45, 7) is 1.95. The lowest BCUT2D eigenvalue weighted by Gasteiger charge is -2.38. The van der Waals surface area contributed by atoms with E-state index in [1.54, 1.807) is 12.1 Å². The fourth-order valence-electron chi connectivity index (χ4n) is 3.60. The largest absolute Gasteiger partial charge is 0.383 e. The molecule has 0 atom stereocenters. The molecular formula is C15H21FN2. The highest BCUT2D eigenvalue weighted by Crippen LogP contribution is 2.42. The zero-order valence-electron chi connectivity index (χ0n) is 11.0. The minimum Gasteiger partial charge on any atom is -0.383 e.